The number of aliphatic hydroxyl groups is 1. The summed E-state index contributed by atoms with van der Waals surface area (Å²) in [5.74, 6) is 1.04. The van der Waals surface area contributed by atoms with Crippen LogP contribution in [0.3, 0.4) is 0 Å². The van der Waals surface area contributed by atoms with Crippen LogP contribution in [0.5, 0.6) is 11.5 Å². The molecule has 186 valence electrons. The van der Waals surface area contributed by atoms with Gasteiger partial charge in [0.2, 0.25) is 5.91 Å². The van der Waals surface area contributed by atoms with E-state index < -0.39 is 6.10 Å². The van der Waals surface area contributed by atoms with Gasteiger partial charge in [-0.2, -0.15) is 0 Å². The molecule has 8 nitrogen and oxygen atoms in total. The second-order valence-corrected chi connectivity index (χ2v) is 9.66. The van der Waals surface area contributed by atoms with Gasteiger partial charge in [0.1, 0.15) is 24.2 Å². The molecule has 5 rings (SSSR count). The van der Waals surface area contributed by atoms with Crippen molar-refractivity contribution in [2.45, 2.75) is 38.5 Å². The zero-order chi connectivity index (χ0) is 24.4. The maximum absolute atomic E-state index is 13.2. The first kappa shape index (κ1) is 23.6. The fourth-order valence-corrected chi connectivity index (χ4v) is 5.21. The Morgan fingerprint density at radius 2 is 1.97 bits per heavy atom. The quantitative estimate of drug-likeness (QED) is 0.682. The molecule has 0 aliphatic carbocycles. The molecule has 1 fully saturated rings. The Morgan fingerprint density at radius 3 is 2.77 bits per heavy atom. The smallest absolute Gasteiger partial charge is 0.257 e. The van der Waals surface area contributed by atoms with Crippen LogP contribution >= 0.6 is 0 Å². The molecule has 1 unspecified atom stereocenters. The minimum atomic E-state index is -0.639. The van der Waals surface area contributed by atoms with E-state index in [0.29, 0.717) is 49.8 Å². The number of rotatable bonds is 6. The molecule has 1 N–H and O–H groups in total. The lowest BCUT2D eigenvalue weighted by Crippen LogP contribution is -2.44. The lowest BCUT2D eigenvalue weighted by atomic mass is 10.00. The van der Waals surface area contributed by atoms with Gasteiger partial charge in [-0.3, -0.25) is 14.5 Å². The second-order valence-electron chi connectivity index (χ2n) is 9.66. The first-order valence-corrected chi connectivity index (χ1v) is 12.4. The fourth-order valence-electron chi connectivity index (χ4n) is 5.21. The number of hydrogen-bond donors (Lipinski definition) is 1. The van der Waals surface area contributed by atoms with E-state index in [-0.39, 0.29) is 24.5 Å². The summed E-state index contributed by atoms with van der Waals surface area (Å²) in [4.78, 5) is 30.5. The molecular formula is C27H33N3O5. The van der Waals surface area contributed by atoms with E-state index in [1.807, 2.05) is 0 Å². The Labute approximate surface area is 206 Å². The summed E-state index contributed by atoms with van der Waals surface area (Å²) in [5.41, 5.74) is 3.16. The summed E-state index contributed by atoms with van der Waals surface area (Å²) in [7, 11) is 0. The predicted molar refractivity (Wildman–Crippen MR) is 131 cm³/mol. The van der Waals surface area contributed by atoms with Gasteiger partial charge in [0.15, 0.2) is 0 Å². The number of β-amino-alcohol motifs (C(OH)–C–C–N with tert-alkyl or cyclic N) is 1. The van der Waals surface area contributed by atoms with Crippen molar-refractivity contribution in [1.29, 1.82) is 0 Å². The SMILES string of the molecule is CC(=O)N1CC[C@@H](Oc2ccc3c(c2)OCCN(CC(O)CN2CCc4ccccc4C2)C3=O)C1. The van der Waals surface area contributed by atoms with Crippen LogP contribution in [0.25, 0.3) is 0 Å². The van der Waals surface area contributed by atoms with E-state index in [2.05, 4.69) is 29.2 Å². The molecule has 2 aromatic rings. The van der Waals surface area contributed by atoms with Gasteiger partial charge in [-0.15, -0.1) is 0 Å². The number of benzene rings is 2. The molecule has 3 aliphatic heterocycles. The molecule has 2 atom stereocenters. The number of hydrogen-bond acceptors (Lipinski definition) is 6. The van der Waals surface area contributed by atoms with Crippen LogP contribution in [0.2, 0.25) is 0 Å². The van der Waals surface area contributed by atoms with Crippen LogP contribution in [-0.4, -0.2) is 89.7 Å². The number of likely N-dealkylation sites (tertiary alicyclic amines) is 1. The van der Waals surface area contributed by atoms with Gasteiger partial charge >= 0.3 is 0 Å². The third-order valence-electron chi connectivity index (χ3n) is 7.09. The Hall–Kier alpha value is -3.10. The zero-order valence-electron chi connectivity index (χ0n) is 20.2. The van der Waals surface area contributed by atoms with E-state index in [0.717, 1.165) is 25.9 Å². The normalized spacial score (nSPS) is 21.1. The van der Waals surface area contributed by atoms with E-state index in [9.17, 15) is 14.7 Å². The maximum atomic E-state index is 13.2. The monoisotopic (exact) mass is 479 g/mol. The molecule has 2 aromatic carbocycles. The number of nitrogens with zero attached hydrogens (tertiary/aromatic N) is 3. The van der Waals surface area contributed by atoms with Gasteiger partial charge in [0, 0.05) is 52.1 Å². The van der Waals surface area contributed by atoms with Crippen LogP contribution in [0, 0.1) is 0 Å². The Balaban J connectivity index is 1.18. The highest BCUT2D eigenvalue weighted by Gasteiger charge is 2.29. The van der Waals surface area contributed by atoms with Crippen molar-refractivity contribution in [3.63, 3.8) is 0 Å². The molecule has 0 spiro atoms. The van der Waals surface area contributed by atoms with Gasteiger partial charge in [0.25, 0.3) is 5.91 Å². The van der Waals surface area contributed by atoms with E-state index in [1.165, 1.54) is 11.1 Å². The van der Waals surface area contributed by atoms with Gasteiger partial charge in [-0.05, 0) is 29.7 Å². The number of amides is 2. The standard InChI is InChI=1S/C27H33N3O5/c1-19(31)29-11-9-24(18-29)35-23-6-7-25-26(14-23)34-13-12-30(27(25)33)17-22(32)16-28-10-8-20-4-2-3-5-21(20)15-28/h2-7,14,22,24,32H,8-13,15-18H2,1H3/t22?,24-/m1/s1. The topological polar surface area (TPSA) is 82.6 Å². The van der Waals surface area contributed by atoms with Gasteiger partial charge in [-0.1, -0.05) is 24.3 Å². The molecule has 0 bridgehead atoms. The second kappa shape index (κ2) is 10.3. The maximum Gasteiger partial charge on any atom is 0.257 e. The number of fused-ring (bicyclic) bond motifs is 2. The lowest BCUT2D eigenvalue weighted by Gasteiger charge is -2.32. The van der Waals surface area contributed by atoms with Crippen LogP contribution in [0.1, 0.15) is 34.8 Å². The highest BCUT2D eigenvalue weighted by Crippen LogP contribution is 2.30. The number of ether oxygens (including phenoxy) is 2. The number of aliphatic hydroxyl groups excluding tert-OH is 1. The van der Waals surface area contributed by atoms with Crippen molar-refractivity contribution >= 4 is 11.8 Å². The average molecular weight is 480 g/mol. The third-order valence-corrected chi connectivity index (χ3v) is 7.09. The number of carbonyl (C=O) groups is 2. The predicted octanol–water partition coefficient (Wildman–Crippen LogP) is 1.94. The molecule has 3 heterocycles. The first-order chi connectivity index (χ1) is 17.0. The summed E-state index contributed by atoms with van der Waals surface area (Å²) < 4.78 is 11.9. The fraction of sp³-hybridized carbons (Fsp3) is 0.481. The van der Waals surface area contributed by atoms with Gasteiger partial charge in [0.05, 0.1) is 24.8 Å². The summed E-state index contributed by atoms with van der Waals surface area (Å²) >= 11 is 0. The summed E-state index contributed by atoms with van der Waals surface area (Å²) in [6.45, 7) is 6.12. The minimum absolute atomic E-state index is 0.0549. The Bertz CT molecular complexity index is 1090. The molecule has 3 aliphatic rings. The van der Waals surface area contributed by atoms with Crippen molar-refractivity contribution in [2.75, 3.05) is 45.9 Å². The number of carbonyl (C=O) groups excluding carboxylic acids is 2. The largest absolute Gasteiger partial charge is 0.491 e. The average Bonchev–Trinajstić information content (AvgIpc) is 3.26. The van der Waals surface area contributed by atoms with E-state index in [4.69, 9.17) is 9.47 Å². The molecule has 35 heavy (non-hydrogen) atoms. The Kier molecular flexibility index (Phi) is 6.92. The molecule has 2 amide bonds. The highest BCUT2D eigenvalue weighted by molar-refractivity contribution is 5.97. The molecule has 1 saturated heterocycles. The summed E-state index contributed by atoms with van der Waals surface area (Å²) in [5, 5.41) is 10.8. The summed E-state index contributed by atoms with van der Waals surface area (Å²) in [6, 6.07) is 13.7. The molecule has 0 saturated carbocycles. The lowest BCUT2D eigenvalue weighted by molar-refractivity contribution is -0.128. The zero-order valence-corrected chi connectivity index (χ0v) is 20.2. The van der Waals surface area contributed by atoms with Crippen LogP contribution in [-0.2, 0) is 17.8 Å². The van der Waals surface area contributed by atoms with Gasteiger partial charge in [-0.25, -0.2) is 0 Å². The van der Waals surface area contributed by atoms with Gasteiger partial charge < -0.3 is 24.4 Å². The third kappa shape index (κ3) is 5.44. The van der Waals surface area contributed by atoms with Crippen LogP contribution < -0.4 is 9.47 Å². The van der Waals surface area contributed by atoms with Crippen molar-refractivity contribution in [3.8, 4) is 11.5 Å². The van der Waals surface area contributed by atoms with Crippen molar-refractivity contribution < 1.29 is 24.2 Å². The van der Waals surface area contributed by atoms with Crippen molar-refractivity contribution in [2.24, 2.45) is 0 Å². The van der Waals surface area contributed by atoms with E-state index in [1.54, 1.807) is 34.9 Å². The molecule has 8 heteroatoms. The summed E-state index contributed by atoms with van der Waals surface area (Å²) in [6.07, 6.45) is 1.06. The minimum Gasteiger partial charge on any atom is -0.491 e. The molecule has 0 radical (unpaired) electrons. The molecule has 0 aromatic heterocycles. The Morgan fingerprint density at radius 1 is 1.14 bits per heavy atom. The van der Waals surface area contributed by atoms with E-state index >= 15 is 0 Å². The van der Waals surface area contributed by atoms with Crippen molar-refractivity contribution in [1.82, 2.24) is 14.7 Å². The molecular weight excluding hydrogens is 446 g/mol. The first-order valence-electron chi connectivity index (χ1n) is 12.4. The van der Waals surface area contributed by atoms with Crippen LogP contribution in [0.4, 0.5) is 0 Å². The van der Waals surface area contributed by atoms with Crippen LogP contribution in [0.15, 0.2) is 42.5 Å². The van der Waals surface area contributed by atoms with Crippen molar-refractivity contribution in [3.05, 3.63) is 59.2 Å². The highest BCUT2D eigenvalue weighted by atomic mass is 16.5.